The Bertz CT molecular complexity index is 631. The minimum absolute atomic E-state index is 0.301. The number of hydrogen-bond donors (Lipinski definition) is 2. The van der Waals surface area contributed by atoms with Gasteiger partial charge in [0.25, 0.3) is 0 Å². The van der Waals surface area contributed by atoms with Crippen LogP contribution in [0.5, 0.6) is 0 Å². The molecule has 0 aliphatic rings. The highest BCUT2D eigenvalue weighted by Crippen LogP contribution is 2.25. The third-order valence-corrected chi connectivity index (χ3v) is 2.48. The third-order valence-electron chi connectivity index (χ3n) is 2.17. The Labute approximate surface area is 101 Å². The molecule has 5 nitrogen and oxygen atoms in total. The fourth-order valence-electron chi connectivity index (χ4n) is 1.45. The van der Waals surface area contributed by atoms with Crippen LogP contribution >= 0.6 is 11.6 Å². The number of halogens is 1. The molecule has 2 rings (SSSR count). The number of aliphatic carboxylic acids is 1. The number of nitrogens with one attached hydrogen (secondary N) is 1. The maximum absolute atomic E-state index is 11.7. The molecule has 2 aromatic rings. The van der Waals surface area contributed by atoms with Crippen LogP contribution in [0.4, 0.5) is 0 Å². The maximum atomic E-state index is 11.7. The van der Waals surface area contributed by atoms with E-state index in [2.05, 4.69) is 9.97 Å². The van der Waals surface area contributed by atoms with E-state index in [0.29, 0.717) is 21.6 Å². The number of carboxylic acid groups (broad SMARTS) is 1. The van der Waals surface area contributed by atoms with Gasteiger partial charge in [-0.05, 0) is 12.1 Å². The summed E-state index contributed by atoms with van der Waals surface area (Å²) in [7, 11) is 0. The lowest BCUT2D eigenvalue weighted by atomic mass is 10.1. The monoisotopic (exact) mass is 250 g/mol. The van der Waals surface area contributed by atoms with Crippen molar-refractivity contribution in [3.63, 3.8) is 0 Å². The van der Waals surface area contributed by atoms with Crippen molar-refractivity contribution in [2.24, 2.45) is 0 Å². The molecule has 2 aromatic heterocycles. The van der Waals surface area contributed by atoms with Gasteiger partial charge in [-0.3, -0.25) is 4.79 Å². The molecule has 0 atom stereocenters. The lowest BCUT2D eigenvalue weighted by Crippen LogP contribution is -1.95. The molecule has 0 spiro atoms. The van der Waals surface area contributed by atoms with Gasteiger partial charge in [-0.25, -0.2) is 9.78 Å². The summed E-state index contributed by atoms with van der Waals surface area (Å²) in [5, 5.41) is 9.33. The van der Waals surface area contributed by atoms with E-state index in [9.17, 15) is 9.59 Å². The highest BCUT2D eigenvalue weighted by Gasteiger charge is 2.13. The third kappa shape index (κ3) is 2.19. The van der Waals surface area contributed by atoms with Gasteiger partial charge in [0.2, 0.25) is 0 Å². The standard InChI is InChI=1S/C11H7ClN2O3/c12-7-3-4-13-11-10(7)6(5-14-11)8(15)1-2-9(16)17/h1-5H,(H,13,14)(H,16,17)/b2-1+. The van der Waals surface area contributed by atoms with Crippen LogP contribution in [0.1, 0.15) is 10.4 Å². The highest BCUT2D eigenvalue weighted by atomic mass is 35.5. The van der Waals surface area contributed by atoms with Crippen LogP contribution < -0.4 is 0 Å². The minimum atomic E-state index is -1.18. The van der Waals surface area contributed by atoms with Crippen LogP contribution in [0.2, 0.25) is 5.02 Å². The number of hydrogen-bond acceptors (Lipinski definition) is 3. The SMILES string of the molecule is O=C(O)/C=C/C(=O)c1c[nH]c2nccc(Cl)c12. The van der Waals surface area contributed by atoms with E-state index in [1.165, 1.54) is 12.4 Å². The smallest absolute Gasteiger partial charge is 0.328 e. The number of aromatic nitrogens is 2. The lowest BCUT2D eigenvalue weighted by Gasteiger charge is -1.95. The van der Waals surface area contributed by atoms with Gasteiger partial charge >= 0.3 is 5.97 Å². The molecular weight excluding hydrogens is 244 g/mol. The summed E-state index contributed by atoms with van der Waals surface area (Å²) in [5.74, 6) is -1.61. The van der Waals surface area contributed by atoms with Gasteiger partial charge in [0.1, 0.15) is 5.65 Å². The molecular formula is C11H7ClN2O3. The second kappa shape index (κ2) is 4.39. The number of rotatable bonds is 3. The van der Waals surface area contributed by atoms with Crippen molar-refractivity contribution in [2.45, 2.75) is 0 Å². The van der Waals surface area contributed by atoms with E-state index in [4.69, 9.17) is 16.7 Å². The molecule has 0 fully saturated rings. The van der Waals surface area contributed by atoms with E-state index < -0.39 is 11.8 Å². The number of aromatic amines is 1. The van der Waals surface area contributed by atoms with Crippen molar-refractivity contribution in [1.82, 2.24) is 9.97 Å². The molecule has 6 heteroatoms. The summed E-state index contributed by atoms with van der Waals surface area (Å²) < 4.78 is 0. The number of nitrogens with zero attached hydrogens (tertiary/aromatic N) is 1. The molecule has 0 aliphatic heterocycles. The zero-order chi connectivity index (χ0) is 12.4. The summed E-state index contributed by atoms with van der Waals surface area (Å²) in [6, 6.07) is 1.56. The zero-order valence-electron chi connectivity index (χ0n) is 8.48. The highest BCUT2D eigenvalue weighted by molar-refractivity contribution is 6.37. The average molecular weight is 251 g/mol. The first-order chi connectivity index (χ1) is 8.09. The van der Waals surface area contributed by atoms with E-state index in [1.54, 1.807) is 6.07 Å². The molecule has 0 bridgehead atoms. The number of ketones is 1. The summed E-state index contributed by atoms with van der Waals surface area (Å²) in [6.45, 7) is 0. The normalized spacial score (nSPS) is 11.1. The number of pyridine rings is 1. The van der Waals surface area contributed by atoms with Crippen LogP contribution in [-0.2, 0) is 4.79 Å². The van der Waals surface area contributed by atoms with Gasteiger partial charge in [0, 0.05) is 23.9 Å². The van der Waals surface area contributed by atoms with Gasteiger partial charge < -0.3 is 10.1 Å². The Hall–Kier alpha value is -2.14. The summed E-state index contributed by atoms with van der Waals surface area (Å²) in [5.41, 5.74) is 0.792. The van der Waals surface area contributed by atoms with Crippen LogP contribution in [0, 0.1) is 0 Å². The molecule has 0 radical (unpaired) electrons. The fourth-order valence-corrected chi connectivity index (χ4v) is 1.70. The molecule has 0 unspecified atom stereocenters. The van der Waals surface area contributed by atoms with E-state index in [0.717, 1.165) is 12.2 Å². The Morgan fingerprint density at radius 2 is 2.18 bits per heavy atom. The van der Waals surface area contributed by atoms with Crippen molar-refractivity contribution in [3.05, 3.63) is 41.2 Å². The number of H-pyrrole nitrogens is 1. The van der Waals surface area contributed by atoms with E-state index in [1.807, 2.05) is 0 Å². The van der Waals surface area contributed by atoms with Gasteiger partial charge in [-0.1, -0.05) is 11.6 Å². The van der Waals surface area contributed by atoms with Crippen LogP contribution in [0.15, 0.2) is 30.6 Å². The van der Waals surface area contributed by atoms with Crippen molar-refractivity contribution in [1.29, 1.82) is 0 Å². The molecule has 17 heavy (non-hydrogen) atoms. The van der Waals surface area contributed by atoms with Crippen LogP contribution in [-0.4, -0.2) is 26.8 Å². The summed E-state index contributed by atoms with van der Waals surface area (Å²) in [4.78, 5) is 28.8. The number of carboxylic acids is 1. The molecule has 0 aromatic carbocycles. The predicted molar refractivity (Wildman–Crippen MR) is 62.2 cm³/mol. The number of fused-ring (bicyclic) bond motifs is 1. The molecule has 0 saturated heterocycles. The van der Waals surface area contributed by atoms with E-state index >= 15 is 0 Å². The Morgan fingerprint density at radius 1 is 1.41 bits per heavy atom. The first-order valence-corrected chi connectivity index (χ1v) is 5.04. The topological polar surface area (TPSA) is 83.0 Å². The number of carbonyl (C=O) groups excluding carboxylic acids is 1. The first kappa shape index (κ1) is 11.3. The van der Waals surface area contributed by atoms with Gasteiger partial charge in [-0.15, -0.1) is 0 Å². The minimum Gasteiger partial charge on any atom is -0.478 e. The molecule has 2 N–H and O–H groups in total. The second-order valence-corrected chi connectivity index (χ2v) is 3.66. The Kier molecular flexibility index (Phi) is 2.93. The van der Waals surface area contributed by atoms with Gasteiger partial charge in [0.05, 0.1) is 10.6 Å². The number of carbonyl (C=O) groups is 2. The zero-order valence-corrected chi connectivity index (χ0v) is 9.23. The van der Waals surface area contributed by atoms with Crippen LogP contribution in [0.3, 0.4) is 0 Å². The largest absolute Gasteiger partial charge is 0.478 e. The summed E-state index contributed by atoms with van der Waals surface area (Å²) in [6.07, 6.45) is 4.74. The Balaban J connectivity index is 2.49. The first-order valence-electron chi connectivity index (χ1n) is 4.66. The fraction of sp³-hybridized carbons (Fsp3) is 0. The average Bonchev–Trinajstić information content (AvgIpc) is 2.71. The molecule has 0 aliphatic carbocycles. The van der Waals surface area contributed by atoms with Crippen molar-refractivity contribution < 1.29 is 14.7 Å². The molecule has 86 valence electrons. The van der Waals surface area contributed by atoms with Gasteiger partial charge in [-0.2, -0.15) is 0 Å². The van der Waals surface area contributed by atoms with Gasteiger partial charge in [0.15, 0.2) is 5.78 Å². The van der Waals surface area contributed by atoms with Crippen molar-refractivity contribution in [3.8, 4) is 0 Å². The van der Waals surface area contributed by atoms with Crippen molar-refractivity contribution in [2.75, 3.05) is 0 Å². The lowest BCUT2D eigenvalue weighted by molar-refractivity contribution is -0.131. The summed E-state index contributed by atoms with van der Waals surface area (Å²) >= 11 is 5.96. The molecule has 0 amide bonds. The Morgan fingerprint density at radius 3 is 2.88 bits per heavy atom. The van der Waals surface area contributed by atoms with E-state index in [-0.39, 0.29) is 0 Å². The number of allylic oxidation sites excluding steroid dienone is 1. The molecule has 2 heterocycles. The second-order valence-electron chi connectivity index (χ2n) is 3.25. The van der Waals surface area contributed by atoms with Crippen LogP contribution in [0.25, 0.3) is 11.0 Å². The van der Waals surface area contributed by atoms with Crippen molar-refractivity contribution >= 4 is 34.4 Å². The predicted octanol–water partition coefficient (Wildman–Crippen LogP) is 2.04. The quantitative estimate of drug-likeness (QED) is 0.645. The maximum Gasteiger partial charge on any atom is 0.328 e. The molecule has 0 saturated carbocycles.